The Labute approximate surface area is 385 Å². The molecule has 0 unspecified atom stereocenters. The molecule has 3 aromatic heterocycles. The summed E-state index contributed by atoms with van der Waals surface area (Å²) in [6.45, 7) is 27.8. The Morgan fingerprint density at radius 1 is 0.683 bits per heavy atom. The van der Waals surface area contributed by atoms with Crippen molar-refractivity contribution in [2.24, 2.45) is 4.30 Å². The molecular formula is C37H36B2Br2F3N16O2S. The van der Waals surface area contributed by atoms with Gasteiger partial charge in [-0.1, -0.05) is 59.8 Å². The molecule has 1 fully saturated rings. The minimum atomic E-state index is -0.593. The minimum Gasteiger partial charge on any atom is -0.399 e. The van der Waals surface area contributed by atoms with Crippen LogP contribution in [-0.4, -0.2) is 71.5 Å². The molecule has 63 heavy (non-hydrogen) atoms. The van der Waals surface area contributed by atoms with Crippen LogP contribution in [0.15, 0.2) is 92.8 Å². The maximum Gasteiger partial charge on any atom is 0.494 e. The van der Waals surface area contributed by atoms with Crippen LogP contribution in [0.4, 0.5) is 48.1 Å². The smallest absolute Gasteiger partial charge is 0.399 e. The number of nitrogens with two attached hydrogens (primary N) is 3. The zero-order chi connectivity index (χ0) is 46.5. The van der Waals surface area contributed by atoms with Crippen molar-refractivity contribution in [1.29, 1.82) is 0 Å². The number of anilines is 3. The van der Waals surface area contributed by atoms with E-state index in [4.69, 9.17) is 46.2 Å². The number of halogens is 5. The van der Waals surface area contributed by atoms with Crippen LogP contribution in [0.2, 0.25) is 0 Å². The summed E-state index contributed by atoms with van der Waals surface area (Å²) < 4.78 is 55.0. The maximum absolute atomic E-state index is 13.6. The van der Waals surface area contributed by atoms with Crippen molar-refractivity contribution in [3.05, 3.63) is 140 Å². The van der Waals surface area contributed by atoms with Crippen molar-refractivity contribution >= 4 is 99.8 Å². The summed E-state index contributed by atoms with van der Waals surface area (Å²) in [6, 6.07) is 12.9. The van der Waals surface area contributed by atoms with Crippen LogP contribution in [0.1, 0.15) is 35.1 Å². The van der Waals surface area contributed by atoms with Crippen LogP contribution in [0.5, 0.6) is 0 Å². The number of nitrogens with zero attached hydrogens (tertiary/aromatic N) is 13. The third kappa shape index (κ3) is 18.2. The summed E-state index contributed by atoms with van der Waals surface area (Å²) >= 11 is 9.33. The van der Waals surface area contributed by atoms with Crippen molar-refractivity contribution in [3.8, 4) is 11.3 Å². The topological polar surface area (TPSA) is 238 Å². The molecule has 1 saturated heterocycles. The number of aromatic nitrogens is 9. The number of benzene rings is 3. The van der Waals surface area contributed by atoms with E-state index >= 15 is 0 Å². The molecule has 323 valence electrons. The molecule has 0 spiro atoms. The van der Waals surface area contributed by atoms with Crippen molar-refractivity contribution in [2.75, 3.05) is 17.2 Å². The van der Waals surface area contributed by atoms with Gasteiger partial charge in [0.25, 0.3) is 0 Å². The predicted molar refractivity (Wildman–Crippen MR) is 245 cm³/mol. The fourth-order valence-electron chi connectivity index (χ4n) is 4.01. The van der Waals surface area contributed by atoms with E-state index in [-0.39, 0.29) is 42.3 Å². The molecule has 6 N–H and O–H groups in total. The summed E-state index contributed by atoms with van der Waals surface area (Å²) in [5.74, 6) is -1.16. The Hall–Kier alpha value is -6.49. The molecule has 0 saturated carbocycles. The van der Waals surface area contributed by atoms with Crippen molar-refractivity contribution in [2.45, 2.75) is 46.3 Å². The second-order valence-corrected chi connectivity index (χ2v) is 14.3. The van der Waals surface area contributed by atoms with Crippen LogP contribution in [0.25, 0.3) is 25.8 Å². The Kier molecular flexibility index (Phi) is 23.2. The minimum absolute atomic E-state index is 0. The number of thiol groups is 1. The first-order valence-electron chi connectivity index (χ1n) is 16.8. The van der Waals surface area contributed by atoms with Gasteiger partial charge in [0.1, 0.15) is 27.7 Å². The van der Waals surface area contributed by atoms with Crippen molar-refractivity contribution in [1.82, 2.24) is 45.5 Å². The normalized spacial score (nSPS) is 12.1. The van der Waals surface area contributed by atoms with E-state index in [0.29, 0.717) is 25.8 Å². The Morgan fingerprint density at radius 2 is 1.16 bits per heavy atom. The Balaban J connectivity index is 0.000000402. The molecular weight excluding hydrogens is 971 g/mol. The third-order valence-electron chi connectivity index (χ3n) is 7.64. The van der Waals surface area contributed by atoms with Gasteiger partial charge >= 0.3 is 31.9 Å². The molecule has 26 heteroatoms. The quantitative estimate of drug-likeness (QED) is 0.0728. The number of nitrogen functional groups attached to an aromatic ring is 3. The van der Waals surface area contributed by atoms with Crippen LogP contribution in [0, 0.1) is 37.2 Å². The van der Waals surface area contributed by atoms with E-state index in [1.54, 1.807) is 18.2 Å². The van der Waals surface area contributed by atoms with Gasteiger partial charge in [0, 0.05) is 10.0 Å². The summed E-state index contributed by atoms with van der Waals surface area (Å²) in [4.78, 5) is 20.0. The second kappa shape index (κ2) is 26.8. The van der Waals surface area contributed by atoms with Gasteiger partial charge in [-0.3, -0.25) is 0 Å². The van der Waals surface area contributed by atoms with Crippen molar-refractivity contribution in [3.63, 3.8) is 0 Å². The molecule has 1 aliphatic heterocycles. The second-order valence-electron chi connectivity index (χ2n) is 12.4. The molecule has 0 atom stereocenters. The largest absolute Gasteiger partial charge is 0.494 e. The van der Waals surface area contributed by atoms with E-state index in [2.05, 4.69) is 117 Å². The van der Waals surface area contributed by atoms with Gasteiger partial charge in [-0.05, 0) is 67.3 Å². The molecule has 1 aliphatic rings. The summed E-state index contributed by atoms with van der Waals surface area (Å²) in [6.07, 6.45) is 5.84. The molecule has 0 amide bonds. The predicted octanol–water partition coefficient (Wildman–Crippen LogP) is 8.11. The summed E-state index contributed by atoms with van der Waals surface area (Å²) in [5.41, 5.74) is 16.1. The van der Waals surface area contributed by atoms with E-state index < -0.39 is 35.8 Å². The number of hydrogen-bond donors (Lipinski definition) is 4. The molecule has 0 bridgehead atoms. The summed E-state index contributed by atoms with van der Waals surface area (Å²) in [7, 11) is 3.74. The van der Waals surface area contributed by atoms with Crippen LogP contribution in [-0.2, 0) is 9.31 Å². The van der Waals surface area contributed by atoms with E-state index in [1.165, 1.54) is 61.2 Å². The van der Waals surface area contributed by atoms with E-state index in [1.807, 2.05) is 27.7 Å². The molecule has 6 aromatic rings. The molecule has 4 heterocycles. The fourth-order valence-corrected chi connectivity index (χ4v) is 4.53. The van der Waals surface area contributed by atoms with Gasteiger partial charge in [-0.25, -0.2) is 42.7 Å². The standard InChI is InChI=1S/C13H15BFNO2.C10H6FN5.C7H3BrFN.C3H3BrN4.C3H4N4.CH4.BHNS/c1-12(2)13(3,4)18-14(17-12)9-6-7-11(16-5)10(15)8-9;1-13-8-3-2-6(4-7(8)11)9-5-14-10(12)16-15-9;1-10-7-3-2-5(8)4-6(7)9;4-2-1-6-3(5)8-7-2;4-3-5-1-2-6-7-3;;1-2-3/h6-8H,1-4H3;2-5H,(H2,12,14,16);2-4H;1H,(H2,5,6,8);1-2H,(H2,4,5,7);1H4;3H. The van der Waals surface area contributed by atoms with Gasteiger partial charge in [-0.2, -0.15) is 5.10 Å². The SMILES string of the molecule is C.Nc1ncc(Br)nn1.Nc1nccnn1.[B]=NS.[C-]#[N+]c1ccc(-c2cnc(N)nn2)cc1F.[C-]#[N+]c1ccc(B2OC(C)(C)C(C)(C)O2)cc1F.[C-]#[N+]c1ccc(Br)cc1F. The molecule has 1 radical (unpaired) electrons. The van der Waals surface area contributed by atoms with Gasteiger partial charge < -0.3 is 26.5 Å². The Bertz CT molecular complexity index is 2480. The van der Waals surface area contributed by atoms with Gasteiger partial charge in [-0.15, -0.1) is 25.5 Å². The zero-order valence-electron chi connectivity index (χ0n) is 32.9. The van der Waals surface area contributed by atoms with Crippen LogP contribution < -0.4 is 22.7 Å². The number of rotatable bonds is 2. The van der Waals surface area contributed by atoms with Gasteiger partial charge in [0.05, 0.1) is 55.7 Å². The third-order valence-corrected chi connectivity index (χ3v) is 8.50. The first kappa shape index (κ1) is 54.5. The average Bonchev–Trinajstić information content (AvgIpc) is 3.46. The van der Waals surface area contributed by atoms with Crippen LogP contribution >= 0.6 is 44.7 Å². The maximum atomic E-state index is 13.6. The molecule has 18 nitrogen and oxygen atoms in total. The first-order valence-corrected chi connectivity index (χ1v) is 18.8. The first-order chi connectivity index (χ1) is 29.3. The molecule has 3 aromatic carbocycles. The Morgan fingerprint density at radius 3 is 1.54 bits per heavy atom. The van der Waals surface area contributed by atoms with Crippen molar-refractivity contribution < 1.29 is 22.5 Å². The fraction of sp³-hybridized carbons (Fsp3) is 0.189. The van der Waals surface area contributed by atoms with Gasteiger partial charge in [0.15, 0.2) is 0 Å². The number of hydrogen-bond acceptors (Lipinski definition) is 16. The average molecular weight is 1010 g/mol. The zero-order valence-corrected chi connectivity index (χ0v) is 36.9. The van der Waals surface area contributed by atoms with E-state index in [0.717, 1.165) is 0 Å². The monoisotopic (exact) mass is 1010 g/mol. The van der Waals surface area contributed by atoms with Crippen LogP contribution in [0.3, 0.4) is 0 Å². The van der Waals surface area contributed by atoms with Gasteiger partial charge in [0.2, 0.25) is 34.9 Å². The van der Waals surface area contributed by atoms with E-state index in [9.17, 15) is 13.2 Å². The molecule has 7 rings (SSSR count). The summed E-state index contributed by atoms with van der Waals surface area (Å²) in [5, 5.41) is 21.2. The molecule has 0 aliphatic carbocycles.